The predicted molar refractivity (Wildman–Crippen MR) is 168 cm³/mol. The van der Waals surface area contributed by atoms with Crippen molar-refractivity contribution in [2.45, 2.75) is 69.9 Å². The lowest BCUT2D eigenvalue weighted by molar-refractivity contribution is -0.118. The molecule has 1 aliphatic heterocycles. The maximum absolute atomic E-state index is 13.6. The van der Waals surface area contributed by atoms with E-state index in [1.807, 2.05) is 48.5 Å². The van der Waals surface area contributed by atoms with Crippen LogP contribution in [0.25, 0.3) is 0 Å². The molecule has 2 saturated carbocycles. The zero-order valence-corrected chi connectivity index (χ0v) is 24.8. The van der Waals surface area contributed by atoms with Crippen LogP contribution in [-0.4, -0.2) is 60.6 Å². The van der Waals surface area contributed by atoms with Gasteiger partial charge in [0.1, 0.15) is 17.2 Å². The highest BCUT2D eigenvalue weighted by Crippen LogP contribution is 2.35. The third-order valence-corrected chi connectivity index (χ3v) is 8.97. The molecule has 222 valence electrons. The molecule has 6 nitrogen and oxygen atoms in total. The molecule has 0 spiro atoms. The molecule has 1 heterocycles. The Morgan fingerprint density at radius 1 is 0.833 bits per heavy atom. The number of nitrogens with one attached hydrogen (secondary N) is 1. The third-order valence-electron chi connectivity index (χ3n) is 8.97. The Labute approximate surface area is 251 Å². The Bertz CT molecular complexity index is 1270. The van der Waals surface area contributed by atoms with Crippen molar-refractivity contribution in [1.29, 1.82) is 0 Å². The van der Waals surface area contributed by atoms with E-state index in [0.29, 0.717) is 24.1 Å². The summed E-state index contributed by atoms with van der Waals surface area (Å²) in [4.78, 5) is 18.7. The van der Waals surface area contributed by atoms with Gasteiger partial charge in [0.15, 0.2) is 0 Å². The van der Waals surface area contributed by atoms with Crippen LogP contribution >= 0.6 is 0 Å². The molecular weight excluding hydrogens is 522 g/mol. The Morgan fingerprint density at radius 2 is 1.55 bits per heavy atom. The average molecular weight is 568 g/mol. The van der Waals surface area contributed by atoms with Gasteiger partial charge in [0.2, 0.25) is 5.91 Å². The Hall–Kier alpha value is -3.35. The van der Waals surface area contributed by atoms with Gasteiger partial charge in [-0.1, -0.05) is 48.5 Å². The number of hydrogen-bond acceptors (Lipinski definition) is 5. The minimum atomic E-state index is 0.0106. The number of ether oxygens (including phenoxy) is 2. The van der Waals surface area contributed by atoms with Crippen molar-refractivity contribution in [2.24, 2.45) is 5.92 Å². The number of likely N-dealkylation sites (tertiary alicyclic amines) is 1. The fourth-order valence-corrected chi connectivity index (χ4v) is 6.39. The van der Waals surface area contributed by atoms with Gasteiger partial charge in [-0.15, -0.1) is 0 Å². The monoisotopic (exact) mass is 567 g/mol. The minimum Gasteiger partial charge on any atom is -0.488 e. The number of benzene rings is 3. The molecule has 3 fully saturated rings. The van der Waals surface area contributed by atoms with E-state index in [0.717, 1.165) is 69.1 Å². The second kappa shape index (κ2) is 14.2. The quantitative estimate of drug-likeness (QED) is 0.238. The molecule has 1 N–H and O–H groups in total. The van der Waals surface area contributed by atoms with Gasteiger partial charge < -0.3 is 19.7 Å². The second-order valence-corrected chi connectivity index (χ2v) is 12.3. The van der Waals surface area contributed by atoms with Crippen molar-refractivity contribution < 1.29 is 14.3 Å². The van der Waals surface area contributed by atoms with Crippen molar-refractivity contribution in [3.05, 3.63) is 84.4 Å². The van der Waals surface area contributed by atoms with Crippen LogP contribution in [0.15, 0.2) is 78.9 Å². The Kier molecular flexibility index (Phi) is 9.73. The zero-order valence-electron chi connectivity index (χ0n) is 24.8. The summed E-state index contributed by atoms with van der Waals surface area (Å²) in [6, 6.07) is 26.6. The number of anilines is 1. The lowest BCUT2D eigenvalue weighted by atomic mass is 10.0. The molecule has 0 atom stereocenters. The predicted octanol–water partition coefficient (Wildman–Crippen LogP) is 7.16. The third kappa shape index (κ3) is 8.36. The van der Waals surface area contributed by atoms with Gasteiger partial charge in [0.05, 0.1) is 18.3 Å². The molecule has 3 aromatic carbocycles. The molecule has 6 heteroatoms. The first-order valence-corrected chi connectivity index (χ1v) is 16.0. The lowest BCUT2D eigenvalue weighted by Crippen LogP contribution is -2.48. The fraction of sp³-hybridized carbons (Fsp3) is 0.472. The summed E-state index contributed by atoms with van der Waals surface area (Å²) in [6.45, 7) is 4.77. The first-order valence-electron chi connectivity index (χ1n) is 16.0. The summed E-state index contributed by atoms with van der Waals surface area (Å²) < 4.78 is 12.5. The van der Waals surface area contributed by atoms with Gasteiger partial charge in [0, 0.05) is 25.2 Å². The van der Waals surface area contributed by atoms with E-state index < -0.39 is 0 Å². The number of carbonyl (C=O) groups is 1. The van der Waals surface area contributed by atoms with Crippen molar-refractivity contribution in [2.75, 3.05) is 38.0 Å². The number of rotatable bonds is 13. The van der Waals surface area contributed by atoms with Crippen LogP contribution in [0.5, 0.6) is 17.2 Å². The van der Waals surface area contributed by atoms with E-state index in [1.54, 1.807) is 0 Å². The molecule has 0 unspecified atom stereocenters. The number of piperidine rings is 1. The van der Waals surface area contributed by atoms with Crippen molar-refractivity contribution in [3.8, 4) is 17.2 Å². The van der Waals surface area contributed by atoms with E-state index in [9.17, 15) is 4.79 Å². The van der Waals surface area contributed by atoms with E-state index >= 15 is 0 Å². The normalized spacial score (nSPS) is 18.3. The summed E-state index contributed by atoms with van der Waals surface area (Å²) in [5.74, 6) is 3.10. The number of nitrogens with zero attached hydrogens (tertiary/aromatic N) is 2. The van der Waals surface area contributed by atoms with E-state index in [-0.39, 0.29) is 12.0 Å². The van der Waals surface area contributed by atoms with Gasteiger partial charge in [-0.25, -0.2) is 0 Å². The SMILES string of the molecule is O=C(CN(CCc1ccccc1)C1CCN(CC2CC2)CC1)Nc1ccc(Oc2ccccc2)cc1OC1CCCC1. The number of amides is 1. The van der Waals surface area contributed by atoms with E-state index in [2.05, 4.69) is 45.4 Å². The first-order chi connectivity index (χ1) is 20.7. The van der Waals surface area contributed by atoms with Crippen LogP contribution < -0.4 is 14.8 Å². The maximum atomic E-state index is 13.6. The van der Waals surface area contributed by atoms with Crippen molar-refractivity contribution >= 4 is 11.6 Å². The molecule has 0 bridgehead atoms. The molecule has 6 rings (SSSR count). The minimum absolute atomic E-state index is 0.0106. The van der Waals surface area contributed by atoms with Gasteiger partial charge in [-0.05, 0) is 107 Å². The molecule has 3 aromatic rings. The van der Waals surface area contributed by atoms with E-state index in [1.165, 1.54) is 37.8 Å². The molecule has 42 heavy (non-hydrogen) atoms. The van der Waals surface area contributed by atoms with Crippen LogP contribution in [0.3, 0.4) is 0 Å². The van der Waals surface area contributed by atoms with Crippen LogP contribution in [0.2, 0.25) is 0 Å². The van der Waals surface area contributed by atoms with Crippen LogP contribution in [0, 0.1) is 5.92 Å². The van der Waals surface area contributed by atoms with Gasteiger partial charge >= 0.3 is 0 Å². The standard InChI is InChI=1S/C36H45N3O3/c40-36(27-39(24-19-28-9-3-1-4-10-28)30-20-22-38(23-21-30)26-29-15-16-29)37-34-18-17-33(41-31-11-5-2-6-12-31)25-35(34)42-32-13-7-8-14-32/h1-6,9-12,17-18,25,29-30,32H,7-8,13-16,19-24,26-27H2,(H,37,40). The van der Waals surface area contributed by atoms with Crippen molar-refractivity contribution in [3.63, 3.8) is 0 Å². The highest BCUT2D eigenvalue weighted by molar-refractivity contribution is 5.93. The largest absolute Gasteiger partial charge is 0.488 e. The van der Waals surface area contributed by atoms with Gasteiger partial charge in [-0.3, -0.25) is 9.69 Å². The van der Waals surface area contributed by atoms with Crippen LogP contribution in [0.1, 0.15) is 56.9 Å². The molecule has 0 radical (unpaired) electrons. The fourth-order valence-electron chi connectivity index (χ4n) is 6.39. The number of para-hydroxylation sites is 1. The lowest BCUT2D eigenvalue weighted by Gasteiger charge is -2.38. The van der Waals surface area contributed by atoms with Crippen LogP contribution in [0.4, 0.5) is 5.69 Å². The second-order valence-electron chi connectivity index (χ2n) is 12.3. The average Bonchev–Trinajstić information content (AvgIpc) is 3.69. The number of carbonyl (C=O) groups excluding carboxylic acids is 1. The summed E-state index contributed by atoms with van der Waals surface area (Å²) in [5, 5.41) is 3.21. The summed E-state index contributed by atoms with van der Waals surface area (Å²) in [7, 11) is 0. The highest BCUT2D eigenvalue weighted by atomic mass is 16.5. The molecule has 0 aromatic heterocycles. The summed E-state index contributed by atoms with van der Waals surface area (Å²) in [6.07, 6.45) is 10.6. The maximum Gasteiger partial charge on any atom is 0.238 e. The summed E-state index contributed by atoms with van der Waals surface area (Å²) >= 11 is 0. The Morgan fingerprint density at radius 3 is 2.26 bits per heavy atom. The molecule has 3 aliphatic rings. The Balaban J connectivity index is 1.13. The van der Waals surface area contributed by atoms with Crippen LogP contribution in [-0.2, 0) is 11.2 Å². The van der Waals surface area contributed by atoms with Gasteiger partial charge in [0.25, 0.3) is 0 Å². The molecule has 1 amide bonds. The molecule has 1 saturated heterocycles. The van der Waals surface area contributed by atoms with Gasteiger partial charge in [-0.2, -0.15) is 0 Å². The molecule has 2 aliphatic carbocycles. The smallest absolute Gasteiger partial charge is 0.238 e. The van der Waals surface area contributed by atoms with E-state index in [4.69, 9.17) is 9.47 Å². The highest BCUT2D eigenvalue weighted by Gasteiger charge is 2.30. The number of hydrogen-bond donors (Lipinski definition) is 1. The van der Waals surface area contributed by atoms with Crippen molar-refractivity contribution in [1.82, 2.24) is 9.80 Å². The first kappa shape index (κ1) is 28.8. The topological polar surface area (TPSA) is 54.0 Å². The zero-order chi connectivity index (χ0) is 28.6. The molecular formula is C36H45N3O3. The summed E-state index contributed by atoms with van der Waals surface area (Å²) in [5.41, 5.74) is 2.03.